The van der Waals surface area contributed by atoms with E-state index < -0.39 is 0 Å². The SMILES string of the molecule is CC1CC(C)(C)CCC1NCC(=O)OC(C)(C)C. The van der Waals surface area contributed by atoms with Gasteiger partial charge in [0.1, 0.15) is 5.60 Å². The highest BCUT2D eigenvalue weighted by Gasteiger charge is 2.32. The van der Waals surface area contributed by atoms with Crippen molar-refractivity contribution in [2.45, 2.75) is 72.4 Å². The molecule has 2 unspecified atom stereocenters. The first-order chi connectivity index (χ1) is 8.09. The highest BCUT2D eigenvalue weighted by molar-refractivity contribution is 5.72. The standard InChI is InChI=1S/C15H29NO2/c1-11-9-15(5,6)8-7-12(11)16-10-13(17)18-14(2,3)4/h11-12,16H,7-10H2,1-6H3. The highest BCUT2D eigenvalue weighted by atomic mass is 16.6. The summed E-state index contributed by atoms with van der Waals surface area (Å²) in [6, 6.07) is 0.450. The van der Waals surface area contributed by atoms with Gasteiger partial charge in [0, 0.05) is 6.04 Å². The van der Waals surface area contributed by atoms with Crippen molar-refractivity contribution in [3.8, 4) is 0 Å². The van der Waals surface area contributed by atoms with E-state index in [9.17, 15) is 4.79 Å². The number of carbonyl (C=O) groups excluding carboxylic acids is 1. The number of ether oxygens (including phenoxy) is 1. The number of rotatable bonds is 3. The smallest absolute Gasteiger partial charge is 0.320 e. The average Bonchev–Trinajstić information content (AvgIpc) is 2.12. The molecule has 0 aliphatic heterocycles. The Morgan fingerprint density at radius 2 is 2.00 bits per heavy atom. The fraction of sp³-hybridized carbons (Fsp3) is 0.933. The monoisotopic (exact) mass is 255 g/mol. The lowest BCUT2D eigenvalue weighted by Gasteiger charge is -2.39. The van der Waals surface area contributed by atoms with Crippen molar-refractivity contribution in [3.63, 3.8) is 0 Å². The summed E-state index contributed by atoms with van der Waals surface area (Å²) in [6.45, 7) is 12.9. The van der Waals surface area contributed by atoms with Gasteiger partial charge < -0.3 is 10.1 Å². The first kappa shape index (κ1) is 15.5. The Bertz CT molecular complexity index is 291. The van der Waals surface area contributed by atoms with Crippen molar-refractivity contribution in [3.05, 3.63) is 0 Å². The van der Waals surface area contributed by atoms with Crippen LogP contribution in [0.15, 0.2) is 0 Å². The number of hydrogen-bond acceptors (Lipinski definition) is 3. The van der Waals surface area contributed by atoms with Crippen molar-refractivity contribution < 1.29 is 9.53 Å². The van der Waals surface area contributed by atoms with Crippen molar-refractivity contribution >= 4 is 5.97 Å². The second kappa shape index (κ2) is 5.60. The quantitative estimate of drug-likeness (QED) is 0.787. The molecule has 0 amide bonds. The minimum Gasteiger partial charge on any atom is -0.459 e. The first-order valence-electron chi connectivity index (χ1n) is 7.04. The molecular weight excluding hydrogens is 226 g/mol. The van der Waals surface area contributed by atoms with Crippen LogP contribution in [-0.4, -0.2) is 24.2 Å². The number of esters is 1. The molecule has 3 heteroatoms. The van der Waals surface area contributed by atoms with E-state index in [1.54, 1.807) is 0 Å². The molecule has 0 saturated heterocycles. The Balaban J connectivity index is 2.34. The van der Waals surface area contributed by atoms with Crippen LogP contribution in [0.4, 0.5) is 0 Å². The Hall–Kier alpha value is -0.570. The van der Waals surface area contributed by atoms with E-state index in [1.165, 1.54) is 12.8 Å². The third-order valence-electron chi connectivity index (χ3n) is 3.62. The van der Waals surface area contributed by atoms with Crippen molar-refractivity contribution in [1.29, 1.82) is 0 Å². The van der Waals surface area contributed by atoms with Crippen LogP contribution in [0.1, 0.15) is 60.8 Å². The molecule has 1 aliphatic rings. The summed E-state index contributed by atoms with van der Waals surface area (Å²) in [6.07, 6.45) is 3.60. The lowest BCUT2D eigenvalue weighted by atomic mass is 9.70. The van der Waals surface area contributed by atoms with E-state index in [0.29, 0.717) is 23.9 Å². The third kappa shape index (κ3) is 5.38. The Labute approximate surface area is 112 Å². The van der Waals surface area contributed by atoms with Crippen LogP contribution in [0, 0.1) is 11.3 Å². The maximum absolute atomic E-state index is 11.7. The predicted molar refractivity (Wildman–Crippen MR) is 74.4 cm³/mol. The topological polar surface area (TPSA) is 38.3 Å². The molecular formula is C15H29NO2. The fourth-order valence-electron chi connectivity index (χ4n) is 2.84. The summed E-state index contributed by atoms with van der Waals surface area (Å²) < 4.78 is 5.30. The zero-order valence-electron chi connectivity index (χ0n) is 12.8. The van der Waals surface area contributed by atoms with Gasteiger partial charge in [0.25, 0.3) is 0 Å². The van der Waals surface area contributed by atoms with Gasteiger partial charge in [-0.3, -0.25) is 4.79 Å². The zero-order chi connectivity index (χ0) is 14.0. The number of nitrogens with one attached hydrogen (secondary N) is 1. The summed E-state index contributed by atoms with van der Waals surface area (Å²) in [7, 11) is 0. The Morgan fingerprint density at radius 1 is 1.39 bits per heavy atom. The van der Waals surface area contributed by atoms with Gasteiger partial charge in [-0.25, -0.2) is 0 Å². The molecule has 1 fully saturated rings. The van der Waals surface area contributed by atoms with Crippen LogP contribution < -0.4 is 5.32 Å². The van der Waals surface area contributed by atoms with E-state index >= 15 is 0 Å². The Kier molecular flexibility index (Phi) is 4.82. The molecule has 0 radical (unpaired) electrons. The fourth-order valence-corrected chi connectivity index (χ4v) is 2.84. The van der Waals surface area contributed by atoms with Gasteiger partial charge in [-0.2, -0.15) is 0 Å². The van der Waals surface area contributed by atoms with Crippen LogP contribution in [0.5, 0.6) is 0 Å². The molecule has 0 aromatic heterocycles. The maximum Gasteiger partial charge on any atom is 0.320 e. The second-order valence-corrected chi connectivity index (χ2v) is 7.46. The second-order valence-electron chi connectivity index (χ2n) is 7.46. The lowest BCUT2D eigenvalue weighted by molar-refractivity contribution is -0.153. The normalized spacial score (nSPS) is 27.9. The summed E-state index contributed by atoms with van der Waals surface area (Å²) in [5, 5.41) is 3.36. The molecule has 0 aromatic rings. The van der Waals surface area contributed by atoms with Crippen LogP contribution in [0.25, 0.3) is 0 Å². The predicted octanol–water partition coefficient (Wildman–Crippen LogP) is 3.13. The molecule has 2 atom stereocenters. The molecule has 1 saturated carbocycles. The molecule has 3 nitrogen and oxygen atoms in total. The zero-order valence-corrected chi connectivity index (χ0v) is 12.8. The van der Waals surface area contributed by atoms with E-state index in [1.807, 2.05) is 20.8 Å². The molecule has 106 valence electrons. The van der Waals surface area contributed by atoms with Gasteiger partial charge in [0.05, 0.1) is 6.54 Å². The molecule has 0 bridgehead atoms. The summed E-state index contributed by atoms with van der Waals surface area (Å²) in [5.41, 5.74) is 0.0580. The van der Waals surface area contributed by atoms with Gasteiger partial charge in [-0.15, -0.1) is 0 Å². The van der Waals surface area contributed by atoms with Gasteiger partial charge >= 0.3 is 5.97 Å². The average molecular weight is 255 g/mol. The molecule has 0 heterocycles. The summed E-state index contributed by atoms with van der Waals surface area (Å²) >= 11 is 0. The van der Waals surface area contributed by atoms with Gasteiger partial charge in [0.15, 0.2) is 0 Å². The maximum atomic E-state index is 11.7. The summed E-state index contributed by atoms with van der Waals surface area (Å²) in [5.74, 6) is 0.468. The van der Waals surface area contributed by atoms with Gasteiger partial charge in [0.2, 0.25) is 0 Å². The van der Waals surface area contributed by atoms with E-state index in [4.69, 9.17) is 4.74 Å². The molecule has 1 aliphatic carbocycles. The molecule has 1 N–H and O–H groups in total. The minimum absolute atomic E-state index is 0.153. The van der Waals surface area contributed by atoms with E-state index in [2.05, 4.69) is 26.1 Å². The molecule has 1 rings (SSSR count). The lowest BCUT2D eigenvalue weighted by Crippen LogP contribution is -2.44. The van der Waals surface area contributed by atoms with E-state index in [0.717, 1.165) is 6.42 Å². The van der Waals surface area contributed by atoms with Crippen LogP contribution in [0.3, 0.4) is 0 Å². The molecule has 0 aromatic carbocycles. The van der Waals surface area contributed by atoms with Crippen molar-refractivity contribution in [2.24, 2.45) is 11.3 Å². The molecule has 18 heavy (non-hydrogen) atoms. The van der Waals surface area contributed by atoms with Gasteiger partial charge in [-0.1, -0.05) is 20.8 Å². The largest absolute Gasteiger partial charge is 0.459 e. The van der Waals surface area contributed by atoms with Crippen LogP contribution in [0.2, 0.25) is 0 Å². The number of carbonyl (C=O) groups is 1. The Morgan fingerprint density at radius 3 is 2.50 bits per heavy atom. The van der Waals surface area contributed by atoms with Crippen LogP contribution >= 0.6 is 0 Å². The third-order valence-corrected chi connectivity index (χ3v) is 3.62. The highest BCUT2D eigenvalue weighted by Crippen LogP contribution is 2.38. The number of hydrogen-bond donors (Lipinski definition) is 1. The van der Waals surface area contributed by atoms with E-state index in [-0.39, 0.29) is 11.6 Å². The van der Waals surface area contributed by atoms with Gasteiger partial charge in [-0.05, 0) is 51.4 Å². The van der Waals surface area contributed by atoms with Crippen molar-refractivity contribution in [1.82, 2.24) is 5.32 Å². The van der Waals surface area contributed by atoms with Crippen LogP contribution in [-0.2, 0) is 9.53 Å². The first-order valence-corrected chi connectivity index (χ1v) is 7.04. The summed E-state index contributed by atoms with van der Waals surface area (Å²) in [4.78, 5) is 11.7. The molecule has 0 spiro atoms. The van der Waals surface area contributed by atoms with Crippen molar-refractivity contribution in [2.75, 3.05) is 6.54 Å². The minimum atomic E-state index is -0.390.